The van der Waals surface area contributed by atoms with Gasteiger partial charge in [0, 0.05) is 15.6 Å². The Labute approximate surface area is 187 Å². The Balaban J connectivity index is 0.000000248. The van der Waals surface area contributed by atoms with E-state index < -0.39 is 23.8 Å². The van der Waals surface area contributed by atoms with E-state index in [2.05, 4.69) is 4.74 Å². The molecule has 0 fully saturated rings. The second kappa shape index (κ2) is 9.34. The Morgan fingerprint density at radius 3 is 2.10 bits per heavy atom. The summed E-state index contributed by atoms with van der Waals surface area (Å²) in [7, 11) is 0. The number of hydrogen-bond donors (Lipinski definition) is 2. The molecule has 3 rings (SSSR count). The predicted octanol–water partition coefficient (Wildman–Crippen LogP) is 6.30. The first kappa shape index (κ1) is 24.1. The number of aldehydes is 1. The van der Waals surface area contributed by atoms with Crippen molar-refractivity contribution in [1.29, 1.82) is 0 Å². The number of alkyl halides is 3. The largest absolute Gasteiger partial charge is 0.507 e. The third-order valence-electron chi connectivity index (χ3n) is 3.62. The molecule has 0 aromatic heterocycles. The van der Waals surface area contributed by atoms with Crippen LogP contribution in [0.3, 0.4) is 0 Å². The second-order valence-electron chi connectivity index (χ2n) is 5.68. The van der Waals surface area contributed by atoms with Crippen LogP contribution >= 0.6 is 46.4 Å². The molecule has 0 bridgehead atoms. The van der Waals surface area contributed by atoms with Crippen LogP contribution < -0.4 is 4.74 Å². The Kier molecular flexibility index (Phi) is 7.52. The molecule has 1 aliphatic rings. The van der Waals surface area contributed by atoms with E-state index in [4.69, 9.17) is 56.6 Å². The lowest BCUT2D eigenvalue weighted by Gasteiger charge is -2.27. The number of aliphatic carboxylic acids is 1. The summed E-state index contributed by atoms with van der Waals surface area (Å²) in [6.07, 6.45) is -6.07. The zero-order valence-corrected chi connectivity index (χ0v) is 17.3. The van der Waals surface area contributed by atoms with Crippen LogP contribution in [0.15, 0.2) is 29.8 Å². The standard InChI is InChI=1S/C11H5Cl2F3O3.C7H4Cl2O2/c12-4-1-7(13)5-3-6(10(17)18)9(11(14,15)16)19-8(5)2-4;8-4-1-6(9)5(3-10)7(11)2-4/h1-3,9H,(H,17,18);1-3,11H. The number of benzene rings is 2. The van der Waals surface area contributed by atoms with E-state index >= 15 is 0 Å². The molecule has 30 heavy (non-hydrogen) atoms. The Morgan fingerprint density at radius 2 is 1.60 bits per heavy atom. The fraction of sp³-hybridized carbons (Fsp3) is 0.111. The highest BCUT2D eigenvalue weighted by Crippen LogP contribution is 2.41. The summed E-state index contributed by atoms with van der Waals surface area (Å²) in [5.74, 6) is -2.12. The lowest BCUT2D eigenvalue weighted by atomic mass is 10.0. The summed E-state index contributed by atoms with van der Waals surface area (Å²) >= 11 is 22.5. The minimum atomic E-state index is -4.85. The first-order chi connectivity index (χ1) is 13.8. The molecular weight excluding hydrogens is 495 g/mol. The van der Waals surface area contributed by atoms with Gasteiger partial charge in [-0.15, -0.1) is 0 Å². The van der Waals surface area contributed by atoms with Gasteiger partial charge in [0.2, 0.25) is 6.10 Å². The molecule has 1 unspecified atom stereocenters. The number of halogens is 7. The van der Waals surface area contributed by atoms with Gasteiger partial charge in [0.15, 0.2) is 6.29 Å². The van der Waals surface area contributed by atoms with E-state index in [0.29, 0.717) is 11.3 Å². The third-order valence-corrected chi connectivity index (χ3v) is 4.68. The van der Waals surface area contributed by atoms with Crippen LogP contribution in [0.2, 0.25) is 20.1 Å². The van der Waals surface area contributed by atoms with Crippen LogP contribution in [0.1, 0.15) is 15.9 Å². The molecule has 2 aromatic carbocycles. The highest BCUT2D eigenvalue weighted by molar-refractivity contribution is 6.37. The van der Waals surface area contributed by atoms with E-state index in [-0.39, 0.29) is 37.7 Å². The van der Waals surface area contributed by atoms with Gasteiger partial charge in [-0.25, -0.2) is 4.79 Å². The SMILES string of the molecule is O=C(O)C1=Cc2c(Cl)cc(Cl)cc2OC1C(F)(F)F.O=Cc1c(O)cc(Cl)cc1Cl. The number of carboxylic acid groups (broad SMARTS) is 1. The number of carbonyl (C=O) groups is 2. The van der Waals surface area contributed by atoms with E-state index in [9.17, 15) is 22.8 Å². The summed E-state index contributed by atoms with van der Waals surface area (Å²) in [4.78, 5) is 21.2. The number of aromatic hydroxyl groups is 1. The molecule has 160 valence electrons. The smallest absolute Gasteiger partial charge is 0.430 e. The molecule has 2 aromatic rings. The van der Waals surface area contributed by atoms with Crippen LogP contribution in [0.4, 0.5) is 13.2 Å². The number of rotatable bonds is 2. The Bertz CT molecular complexity index is 1010. The molecule has 1 heterocycles. The van der Waals surface area contributed by atoms with Crippen molar-refractivity contribution in [1.82, 2.24) is 0 Å². The number of ether oxygens (including phenoxy) is 1. The van der Waals surface area contributed by atoms with Crippen LogP contribution in [0.25, 0.3) is 6.08 Å². The molecule has 0 radical (unpaired) electrons. The molecule has 1 aliphatic heterocycles. The summed E-state index contributed by atoms with van der Waals surface area (Å²) in [5.41, 5.74) is -0.802. The Hall–Kier alpha value is -2.13. The number of carbonyl (C=O) groups excluding carboxylic acids is 1. The zero-order valence-electron chi connectivity index (χ0n) is 14.3. The van der Waals surface area contributed by atoms with E-state index in [0.717, 1.165) is 12.1 Å². The number of fused-ring (bicyclic) bond motifs is 1. The van der Waals surface area contributed by atoms with Crippen LogP contribution in [0.5, 0.6) is 11.5 Å². The molecule has 2 N–H and O–H groups in total. The molecular formula is C18H9Cl4F3O5. The predicted molar refractivity (Wildman–Crippen MR) is 106 cm³/mol. The maximum absolute atomic E-state index is 12.8. The monoisotopic (exact) mass is 502 g/mol. The van der Waals surface area contributed by atoms with Gasteiger partial charge in [-0.2, -0.15) is 13.2 Å². The van der Waals surface area contributed by atoms with E-state index in [1.54, 1.807) is 0 Å². The summed E-state index contributed by atoms with van der Waals surface area (Å²) < 4.78 is 42.9. The van der Waals surface area contributed by atoms with Gasteiger partial charge in [0.25, 0.3) is 0 Å². The van der Waals surface area contributed by atoms with Crippen molar-refractivity contribution >= 4 is 64.7 Å². The molecule has 0 saturated carbocycles. The normalized spacial score (nSPS) is 15.2. The van der Waals surface area contributed by atoms with Gasteiger partial charge in [0.05, 0.1) is 21.2 Å². The van der Waals surface area contributed by atoms with Crippen molar-refractivity contribution in [2.45, 2.75) is 12.3 Å². The summed E-state index contributed by atoms with van der Waals surface area (Å²) in [6, 6.07) is 5.09. The lowest BCUT2D eigenvalue weighted by molar-refractivity contribution is -0.187. The highest BCUT2D eigenvalue weighted by atomic mass is 35.5. The third kappa shape index (κ3) is 5.51. The fourth-order valence-corrected chi connectivity index (χ4v) is 3.38. The van der Waals surface area contributed by atoms with Gasteiger partial charge < -0.3 is 14.9 Å². The summed E-state index contributed by atoms with van der Waals surface area (Å²) in [6.45, 7) is 0. The number of phenols is 1. The van der Waals surface area contributed by atoms with Crippen LogP contribution in [-0.4, -0.2) is 34.7 Å². The highest BCUT2D eigenvalue weighted by Gasteiger charge is 2.48. The molecule has 0 saturated heterocycles. The van der Waals surface area contributed by atoms with Crippen molar-refractivity contribution in [3.8, 4) is 11.5 Å². The average molecular weight is 504 g/mol. The summed E-state index contributed by atoms with van der Waals surface area (Å²) in [5, 5.41) is 18.5. The maximum Gasteiger partial charge on any atom is 0.430 e. The van der Waals surface area contributed by atoms with E-state index in [1.807, 2.05) is 0 Å². The van der Waals surface area contributed by atoms with Crippen molar-refractivity contribution in [3.05, 3.63) is 61.1 Å². The maximum atomic E-state index is 12.8. The number of hydrogen-bond acceptors (Lipinski definition) is 4. The van der Waals surface area contributed by atoms with Crippen LogP contribution in [-0.2, 0) is 4.79 Å². The van der Waals surface area contributed by atoms with Gasteiger partial charge in [-0.3, -0.25) is 4.79 Å². The minimum absolute atomic E-state index is 0.0156. The molecule has 5 nitrogen and oxygen atoms in total. The van der Waals surface area contributed by atoms with Gasteiger partial charge in [-0.1, -0.05) is 46.4 Å². The first-order valence-corrected chi connectivity index (χ1v) is 9.16. The van der Waals surface area contributed by atoms with E-state index in [1.165, 1.54) is 18.2 Å². The van der Waals surface area contributed by atoms with Crippen molar-refractivity contribution in [3.63, 3.8) is 0 Å². The van der Waals surface area contributed by atoms with Gasteiger partial charge in [0.1, 0.15) is 11.5 Å². The second-order valence-corrected chi connectivity index (χ2v) is 7.37. The first-order valence-electron chi connectivity index (χ1n) is 7.65. The topological polar surface area (TPSA) is 83.8 Å². The quantitative estimate of drug-likeness (QED) is 0.470. The van der Waals surface area contributed by atoms with Crippen molar-refractivity contribution in [2.24, 2.45) is 0 Å². The van der Waals surface area contributed by atoms with Gasteiger partial charge in [-0.05, 0) is 30.3 Å². The van der Waals surface area contributed by atoms with Crippen molar-refractivity contribution in [2.75, 3.05) is 0 Å². The minimum Gasteiger partial charge on any atom is -0.507 e. The fourth-order valence-electron chi connectivity index (χ4n) is 2.33. The number of phenolic OH excluding ortho intramolecular Hbond substituents is 1. The number of carboxylic acids is 1. The molecule has 0 spiro atoms. The molecule has 0 aliphatic carbocycles. The molecule has 12 heteroatoms. The molecule has 1 atom stereocenters. The van der Waals surface area contributed by atoms with Gasteiger partial charge >= 0.3 is 12.1 Å². The Morgan fingerprint density at radius 1 is 1.03 bits per heavy atom. The average Bonchev–Trinajstić information content (AvgIpc) is 2.59. The van der Waals surface area contributed by atoms with Crippen molar-refractivity contribution < 1.29 is 37.7 Å². The lowest BCUT2D eigenvalue weighted by Crippen LogP contribution is -2.40. The van der Waals surface area contributed by atoms with Crippen LogP contribution in [0, 0.1) is 0 Å². The zero-order chi connectivity index (χ0) is 22.8. The molecule has 0 amide bonds.